The zero-order chi connectivity index (χ0) is 10.6. The van der Waals surface area contributed by atoms with Gasteiger partial charge in [0.05, 0.1) is 0 Å². The first-order chi connectivity index (χ1) is 6.63. The Morgan fingerprint density at radius 1 is 1.25 bits per heavy atom. The molecule has 0 saturated heterocycles. The van der Waals surface area contributed by atoms with Gasteiger partial charge in [-0.1, -0.05) is 40.8 Å². The molecule has 0 heterocycles. The smallest absolute Gasteiger partial charge is 0.308 e. The van der Waals surface area contributed by atoms with Crippen LogP contribution in [-0.4, -0.2) is 5.97 Å². The minimum absolute atomic E-state index is 0. The largest absolute Gasteiger partial charge is 0.427 e. The van der Waals surface area contributed by atoms with Gasteiger partial charge in [-0.05, 0) is 30.0 Å². The summed E-state index contributed by atoms with van der Waals surface area (Å²) in [6.07, 6.45) is 1.12. The molecule has 0 N–H and O–H groups in total. The molecule has 1 rings (SSSR count). The first-order valence-electron chi connectivity index (χ1n) is 4.92. The number of rotatable bonds is 3. The second kappa shape index (κ2) is 7.91. The van der Waals surface area contributed by atoms with Crippen LogP contribution in [0.5, 0.6) is 5.75 Å². The summed E-state index contributed by atoms with van der Waals surface area (Å²) in [5.41, 5.74) is 1.28. The highest BCUT2D eigenvalue weighted by molar-refractivity contribution is 5.69. The molecule has 1 unspecified atom stereocenters. The molecule has 0 aliphatic rings. The third-order valence-electron chi connectivity index (χ3n) is 2.32. The summed E-state index contributed by atoms with van der Waals surface area (Å²) in [6.45, 7) is 5.74. The Bertz CT molecular complexity index is 301. The Balaban J connectivity index is 0. The fourth-order valence-corrected chi connectivity index (χ4v) is 1.27. The van der Waals surface area contributed by atoms with E-state index in [2.05, 4.69) is 13.8 Å². The molecule has 92 valence electrons. The van der Waals surface area contributed by atoms with E-state index in [1.54, 1.807) is 0 Å². The summed E-state index contributed by atoms with van der Waals surface area (Å²) in [5.74, 6) is 0.896. The van der Waals surface area contributed by atoms with Crippen LogP contribution < -0.4 is 4.74 Å². The van der Waals surface area contributed by atoms with Gasteiger partial charge in [-0.2, -0.15) is 0 Å². The molecule has 16 heavy (non-hydrogen) atoms. The van der Waals surface area contributed by atoms with E-state index in [4.69, 9.17) is 4.74 Å². The second-order valence-corrected chi connectivity index (χ2v) is 3.47. The maximum absolute atomic E-state index is 10.7. The molecular formula is C14H24O2. The summed E-state index contributed by atoms with van der Waals surface area (Å²) in [6, 6.07) is 7.69. The van der Waals surface area contributed by atoms with Crippen molar-refractivity contribution in [1.82, 2.24) is 0 Å². The Morgan fingerprint density at radius 2 is 1.75 bits per heavy atom. The predicted octanol–water partition coefficient (Wildman–Crippen LogP) is 4.40. The van der Waals surface area contributed by atoms with Crippen molar-refractivity contribution in [1.29, 1.82) is 0 Å². The van der Waals surface area contributed by atoms with Gasteiger partial charge in [0.15, 0.2) is 0 Å². The standard InChI is InChI=1S/C12H16O2.2CH4/c1-4-9(2)11-5-7-12(8-6-11)14-10(3)13;;/h5-9H,4H2,1-3H3;2*1H4. The number of ether oxygens (including phenoxy) is 1. The van der Waals surface area contributed by atoms with Crippen molar-refractivity contribution in [2.75, 3.05) is 0 Å². The average Bonchev–Trinajstić information content (AvgIpc) is 2.17. The van der Waals surface area contributed by atoms with E-state index < -0.39 is 0 Å². The summed E-state index contributed by atoms with van der Waals surface area (Å²) >= 11 is 0. The molecular weight excluding hydrogens is 200 g/mol. The summed E-state index contributed by atoms with van der Waals surface area (Å²) < 4.78 is 4.94. The van der Waals surface area contributed by atoms with Crippen molar-refractivity contribution in [3.63, 3.8) is 0 Å². The van der Waals surface area contributed by atoms with Crippen LogP contribution in [0.1, 0.15) is 53.5 Å². The Morgan fingerprint density at radius 3 is 2.12 bits per heavy atom. The summed E-state index contributed by atoms with van der Waals surface area (Å²) in [7, 11) is 0. The molecule has 1 atom stereocenters. The van der Waals surface area contributed by atoms with Crippen LogP contribution in [0.15, 0.2) is 24.3 Å². The number of benzene rings is 1. The van der Waals surface area contributed by atoms with Crippen LogP contribution in [-0.2, 0) is 4.79 Å². The fourth-order valence-electron chi connectivity index (χ4n) is 1.27. The van der Waals surface area contributed by atoms with E-state index in [9.17, 15) is 4.79 Å². The van der Waals surface area contributed by atoms with E-state index >= 15 is 0 Å². The molecule has 2 heteroatoms. The van der Waals surface area contributed by atoms with Gasteiger partial charge in [0.2, 0.25) is 0 Å². The monoisotopic (exact) mass is 224 g/mol. The first kappa shape index (κ1) is 17.1. The van der Waals surface area contributed by atoms with Gasteiger partial charge in [-0.3, -0.25) is 4.79 Å². The zero-order valence-electron chi connectivity index (χ0n) is 8.91. The molecule has 1 aromatic rings. The van der Waals surface area contributed by atoms with Gasteiger partial charge in [-0.15, -0.1) is 0 Å². The van der Waals surface area contributed by atoms with Crippen LogP contribution in [0.25, 0.3) is 0 Å². The van der Waals surface area contributed by atoms with Crippen molar-refractivity contribution in [2.45, 2.75) is 48.0 Å². The molecule has 2 nitrogen and oxygen atoms in total. The van der Waals surface area contributed by atoms with Crippen LogP contribution in [0, 0.1) is 0 Å². The Hall–Kier alpha value is -1.31. The van der Waals surface area contributed by atoms with E-state index in [0.29, 0.717) is 11.7 Å². The van der Waals surface area contributed by atoms with Crippen molar-refractivity contribution in [2.24, 2.45) is 0 Å². The third-order valence-corrected chi connectivity index (χ3v) is 2.32. The Labute approximate surface area is 99.6 Å². The third kappa shape index (κ3) is 4.96. The Kier molecular flexibility index (Phi) is 8.46. The summed E-state index contributed by atoms with van der Waals surface area (Å²) in [4.78, 5) is 10.7. The molecule has 0 amide bonds. The highest BCUT2D eigenvalue weighted by Gasteiger charge is 2.03. The lowest BCUT2D eigenvalue weighted by Gasteiger charge is -2.09. The van der Waals surface area contributed by atoms with E-state index in [-0.39, 0.29) is 20.8 Å². The zero-order valence-corrected chi connectivity index (χ0v) is 8.91. The van der Waals surface area contributed by atoms with E-state index in [1.165, 1.54) is 12.5 Å². The van der Waals surface area contributed by atoms with Gasteiger partial charge in [0.1, 0.15) is 5.75 Å². The van der Waals surface area contributed by atoms with Gasteiger partial charge < -0.3 is 4.74 Å². The van der Waals surface area contributed by atoms with Crippen molar-refractivity contribution in [3.05, 3.63) is 29.8 Å². The average molecular weight is 224 g/mol. The van der Waals surface area contributed by atoms with Gasteiger partial charge in [-0.25, -0.2) is 0 Å². The number of hydrogen-bond acceptors (Lipinski definition) is 2. The number of hydrogen-bond donors (Lipinski definition) is 0. The van der Waals surface area contributed by atoms with Gasteiger partial charge in [0.25, 0.3) is 0 Å². The lowest BCUT2D eigenvalue weighted by atomic mass is 9.99. The minimum Gasteiger partial charge on any atom is -0.427 e. The normalized spacial score (nSPS) is 10.7. The molecule has 1 aromatic carbocycles. The highest BCUT2D eigenvalue weighted by Crippen LogP contribution is 2.21. The number of carbonyl (C=O) groups is 1. The second-order valence-electron chi connectivity index (χ2n) is 3.47. The lowest BCUT2D eigenvalue weighted by molar-refractivity contribution is -0.131. The molecule has 0 spiro atoms. The molecule has 0 bridgehead atoms. The fraction of sp³-hybridized carbons (Fsp3) is 0.500. The van der Waals surface area contributed by atoms with Crippen LogP contribution in [0.3, 0.4) is 0 Å². The maximum atomic E-state index is 10.7. The van der Waals surface area contributed by atoms with Crippen LogP contribution >= 0.6 is 0 Å². The number of carbonyl (C=O) groups excluding carboxylic acids is 1. The van der Waals surface area contributed by atoms with E-state index in [1.807, 2.05) is 24.3 Å². The first-order valence-corrected chi connectivity index (χ1v) is 4.92. The van der Waals surface area contributed by atoms with Crippen LogP contribution in [0.4, 0.5) is 0 Å². The number of esters is 1. The van der Waals surface area contributed by atoms with Crippen molar-refractivity contribution >= 4 is 5.97 Å². The minimum atomic E-state index is -0.277. The molecule has 0 aliphatic heterocycles. The molecule has 0 saturated carbocycles. The molecule has 0 radical (unpaired) electrons. The maximum Gasteiger partial charge on any atom is 0.308 e. The van der Waals surface area contributed by atoms with Crippen molar-refractivity contribution in [3.8, 4) is 5.75 Å². The molecule has 0 fully saturated rings. The highest BCUT2D eigenvalue weighted by atomic mass is 16.5. The summed E-state index contributed by atoms with van der Waals surface area (Å²) in [5, 5.41) is 0. The van der Waals surface area contributed by atoms with Gasteiger partial charge >= 0.3 is 5.97 Å². The van der Waals surface area contributed by atoms with Crippen LogP contribution in [0.2, 0.25) is 0 Å². The SMILES string of the molecule is C.C.CCC(C)c1ccc(OC(C)=O)cc1. The predicted molar refractivity (Wildman–Crippen MR) is 69.9 cm³/mol. The topological polar surface area (TPSA) is 26.3 Å². The quantitative estimate of drug-likeness (QED) is 0.562. The lowest BCUT2D eigenvalue weighted by Crippen LogP contribution is -2.01. The van der Waals surface area contributed by atoms with Crippen molar-refractivity contribution < 1.29 is 9.53 Å². The molecule has 0 aliphatic carbocycles. The molecule has 0 aromatic heterocycles. The van der Waals surface area contributed by atoms with E-state index in [0.717, 1.165) is 6.42 Å². The van der Waals surface area contributed by atoms with Gasteiger partial charge in [0, 0.05) is 6.92 Å².